The molecule has 1 unspecified atom stereocenters. The smallest absolute Gasteiger partial charge is 0.221 e. The molecule has 4 aromatic rings. The molecule has 0 bridgehead atoms. The van der Waals surface area contributed by atoms with Crippen molar-refractivity contribution in [2.24, 2.45) is 0 Å². The average Bonchev–Trinajstić information content (AvgIpc) is 3.00. The van der Waals surface area contributed by atoms with Crippen molar-refractivity contribution < 1.29 is 19.0 Å². The van der Waals surface area contributed by atoms with E-state index in [0.717, 1.165) is 29.8 Å². The number of ketones is 1. The number of allylic oxidation sites excluding steroid dienone is 1. The predicted octanol–water partition coefficient (Wildman–Crippen LogP) is 4.60. The van der Waals surface area contributed by atoms with E-state index in [4.69, 9.17) is 25.7 Å². The molecule has 0 amide bonds. The van der Waals surface area contributed by atoms with Gasteiger partial charge in [-0.1, -0.05) is 36.4 Å². The van der Waals surface area contributed by atoms with Crippen LogP contribution in [0, 0.1) is 0 Å². The highest BCUT2D eigenvalue weighted by Gasteiger charge is 2.27. The topological polar surface area (TPSA) is 126 Å². The van der Waals surface area contributed by atoms with Crippen LogP contribution in [-0.2, 0) is 12.8 Å². The summed E-state index contributed by atoms with van der Waals surface area (Å²) in [5, 5.41) is 0. The van der Waals surface area contributed by atoms with E-state index >= 15 is 0 Å². The van der Waals surface area contributed by atoms with Crippen molar-refractivity contribution >= 4 is 17.5 Å². The Kier molecular flexibility index (Phi) is 8.05. The number of methoxy groups -OCH3 is 3. The maximum Gasteiger partial charge on any atom is 0.221 e. The highest BCUT2D eigenvalue weighted by molar-refractivity contribution is 6.07. The molecule has 210 valence electrons. The first-order valence-electron chi connectivity index (χ1n) is 13.2. The summed E-state index contributed by atoms with van der Waals surface area (Å²) in [5.41, 5.74) is 17.2. The first kappa shape index (κ1) is 27.5. The molecule has 1 aromatic heterocycles. The van der Waals surface area contributed by atoms with Crippen LogP contribution in [0.3, 0.4) is 0 Å². The Balaban J connectivity index is 1.48. The lowest BCUT2D eigenvalue weighted by atomic mass is 9.88. The molecule has 0 saturated carbocycles. The largest absolute Gasteiger partial charge is 0.497 e. The van der Waals surface area contributed by atoms with Gasteiger partial charge in [-0.05, 0) is 52.9 Å². The Morgan fingerprint density at radius 1 is 1.02 bits per heavy atom. The van der Waals surface area contributed by atoms with Gasteiger partial charge >= 0.3 is 0 Å². The van der Waals surface area contributed by atoms with Gasteiger partial charge in [0, 0.05) is 37.0 Å². The van der Waals surface area contributed by atoms with E-state index in [-0.39, 0.29) is 23.6 Å². The number of benzene rings is 3. The summed E-state index contributed by atoms with van der Waals surface area (Å²) in [6.07, 6.45) is 6.31. The third-order valence-electron chi connectivity index (χ3n) is 7.28. The summed E-state index contributed by atoms with van der Waals surface area (Å²) in [4.78, 5) is 24.0. The zero-order chi connectivity index (χ0) is 28.9. The predicted molar refractivity (Wildman–Crippen MR) is 158 cm³/mol. The molecule has 4 N–H and O–H groups in total. The number of ether oxygens (including phenoxy) is 3. The first-order valence-corrected chi connectivity index (χ1v) is 13.2. The maximum absolute atomic E-state index is 13.7. The number of anilines is 2. The second-order valence-electron chi connectivity index (χ2n) is 9.74. The van der Waals surface area contributed by atoms with Crippen molar-refractivity contribution in [3.05, 3.63) is 113 Å². The number of nitrogen functional groups attached to an aromatic ring is 2. The van der Waals surface area contributed by atoms with E-state index in [1.165, 1.54) is 25.3 Å². The van der Waals surface area contributed by atoms with E-state index in [9.17, 15) is 4.79 Å². The van der Waals surface area contributed by atoms with Crippen LogP contribution in [0.5, 0.6) is 17.2 Å². The summed E-state index contributed by atoms with van der Waals surface area (Å²) < 4.78 is 16.6. The Bertz CT molecular complexity index is 1590. The fraction of sp³-hybridized carbons (Fsp3) is 0.219. The quantitative estimate of drug-likeness (QED) is 0.227. The molecule has 0 fully saturated rings. The van der Waals surface area contributed by atoms with Crippen LogP contribution < -0.4 is 25.7 Å². The second-order valence-corrected chi connectivity index (χ2v) is 9.74. The molecule has 1 aliphatic heterocycles. The fourth-order valence-corrected chi connectivity index (χ4v) is 5.25. The summed E-state index contributed by atoms with van der Waals surface area (Å²) in [5.74, 6) is 1.78. The van der Waals surface area contributed by atoms with Gasteiger partial charge < -0.3 is 30.6 Å². The lowest BCUT2D eigenvalue weighted by Gasteiger charge is -2.37. The molecule has 0 saturated heterocycles. The molecular weight excluding hydrogens is 518 g/mol. The van der Waals surface area contributed by atoms with Crippen LogP contribution >= 0.6 is 0 Å². The lowest BCUT2D eigenvalue weighted by Crippen LogP contribution is -2.32. The Labute approximate surface area is 239 Å². The monoisotopic (exact) mass is 551 g/mol. The average molecular weight is 552 g/mol. The number of aromatic nitrogens is 2. The molecule has 0 radical (unpaired) electrons. The Morgan fingerprint density at radius 2 is 1.80 bits per heavy atom. The number of hydrogen-bond donors (Lipinski definition) is 2. The number of nitrogens with two attached hydrogens (primary N) is 2. The van der Waals surface area contributed by atoms with Crippen LogP contribution in [0.2, 0.25) is 0 Å². The van der Waals surface area contributed by atoms with Gasteiger partial charge in [0.25, 0.3) is 0 Å². The standard InChI is InChI=1S/C32H33N5O4/c1-39-24-10-8-22(9-11-24)29-25-7-5-4-6-21(25)12-14-37(29)15-13-27(38)26-17-20(18-28(40-2)30(26)41-3)16-23-19-35-32(34)36-31(23)33/h4-11,13,15,17-19,29H,12,14,16H2,1-3H3,(H4,33,34,35,36). The number of hydrogen-bond acceptors (Lipinski definition) is 9. The van der Waals surface area contributed by atoms with Crippen LogP contribution in [0.25, 0.3) is 0 Å². The minimum Gasteiger partial charge on any atom is -0.497 e. The molecule has 1 aliphatic rings. The zero-order valence-electron chi connectivity index (χ0n) is 23.3. The second kappa shape index (κ2) is 12.0. The number of carbonyl (C=O) groups excluding carboxylic acids is 1. The molecule has 0 aliphatic carbocycles. The van der Waals surface area contributed by atoms with E-state index in [2.05, 4.69) is 51.3 Å². The van der Waals surface area contributed by atoms with E-state index in [1.54, 1.807) is 25.4 Å². The van der Waals surface area contributed by atoms with Crippen LogP contribution in [0.1, 0.15) is 44.2 Å². The maximum atomic E-state index is 13.7. The molecule has 1 atom stereocenters. The molecule has 9 heteroatoms. The highest BCUT2D eigenvalue weighted by Crippen LogP contribution is 2.37. The van der Waals surface area contributed by atoms with Crippen molar-refractivity contribution in [2.45, 2.75) is 18.9 Å². The number of carbonyl (C=O) groups is 1. The van der Waals surface area contributed by atoms with Gasteiger partial charge in [0.1, 0.15) is 11.6 Å². The summed E-state index contributed by atoms with van der Waals surface area (Å²) >= 11 is 0. The molecule has 5 rings (SSSR count). The summed E-state index contributed by atoms with van der Waals surface area (Å²) in [6, 6.07) is 20.0. The van der Waals surface area contributed by atoms with Crippen molar-refractivity contribution in [3.63, 3.8) is 0 Å². The molecule has 41 heavy (non-hydrogen) atoms. The molecule has 9 nitrogen and oxygen atoms in total. The van der Waals surface area contributed by atoms with Crippen molar-refractivity contribution in [1.82, 2.24) is 14.9 Å². The van der Waals surface area contributed by atoms with Gasteiger partial charge in [-0.2, -0.15) is 4.98 Å². The summed E-state index contributed by atoms with van der Waals surface area (Å²) in [7, 11) is 4.71. The zero-order valence-corrected chi connectivity index (χ0v) is 23.3. The van der Waals surface area contributed by atoms with Crippen molar-refractivity contribution in [3.8, 4) is 17.2 Å². The summed E-state index contributed by atoms with van der Waals surface area (Å²) in [6.45, 7) is 0.758. The van der Waals surface area contributed by atoms with Crippen LogP contribution in [0.15, 0.2) is 79.1 Å². The SMILES string of the molecule is COc1ccc(C2c3ccccc3CCN2C=CC(=O)c2cc(Cc3cnc(N)nc3N)cc(OC)c2OC)cc1. The van der Waals surface area contributed by atoms with Gasteiger partial charge in [0.05, 0.1) is 32.9 Å². The van der Waals surface area contributed by atoms with E-state index < -0.39 is 0 Å². The Hall–Kier alpha value is -5.05. The minimum absolute atomic E-state index is 0.0498. The minimum atomic E-state index is -0.212. The molecule has 0 spiro atoms. The van der Waals surface area contributed by atoms with Crippen molar-refractivity contribution in [1.29, 1.82) is 0 Å². The lowest BCUT2D eigenvalue weighted by molar-refractivity contribution is 0.104. The van der Waals surface area contributed by atoms with Crippen LogP contribution in [-0.4, -0.2) is 48.5 Å². The highest BCUT2D eigenvalue weighted by atomic mass is 16.5. The van der Waals surface area contributed by atoms with Crippen LogP contribution in [0.4, 0.5) is 11.8 Å². The number of nitrogens with zero attached hydrogens (tertiary/aromatic N) is 3. The number of fused-ring (bicyclic) bond motifs is 1. The Morgan fingerprint density at radius 3 is 2.51 bits per heavy atom. The number of rotatable bonds is 9. The van der Waals surface area contributed by atoms with Gasteiger partial charge in [-0.25, -0.2) is 4.98 Å². The third-order valence-corrected chi connectivity index (χ3v) is 7.28. The van der Waals surface area contributed by atoms with E-state index in [0.29, 0.717) is 29.0 Å². The first-order chi connectivity index (χ1) is 19.9. The van der Waals surface area contributed by atoms with E-state index in [1.807, 2.05) is 24.4 Å². The third kappa shape index (κ3) is 5.79. The van der Waals surface area contributed by atoms with Gasteiger partial charge in [0.2, 0.25) is 5.95 Å². The fourth-order valence-electron chi connectivity index (χ4n) is 5.25. The normalized spacial score (nSPS) is 14.5. The molecular formula is C32H33N5O4. The van der Waals surface area contributed by atoms with Gasteiger partial charge in [0.15, 0.2) is 17.3 Å². The van der Waals surface area contributed by atoms with Crippen molar-refractivity contribution in [2.75, 3.05) is 39.3 Å². The molecule has 3 aromatic carbocycles. The molecule has 2 heterocycles. The van der Waals surface area contributed by atoms with Gasteiger partial charge in [-0.3, -0.25) is 4.79 Å². The van der Waals surface area contributed by atoms with Gasteiger partial charge in [-0.15, -0.1) is 0 Å².